The van der Waals surface area contributed by atoms with Crippen LogP contribution in [-0.4, -0.2) is 25.5 Å². The van der Waals surface area contributed by atoms with E-state index in [2.05, 4.69) is 15.5 Å². The lowest BCUT2D eigenvalue weighted by Crippen LogP contribution is -2.20. The van der Waals surface area contributed by atoms with Crippen LogP contribution < -0.4 is 10.1 Å². The molecule has 0 spiro atoms. The predicted molar refractivity (Wildman–Crippen MR) is 99.3 cm³/mol. The Labute approximate surface area is 160 Å². The number of nitrogens with zero attached hydrogens (tertiary/aromatic N) is 4. The molecular formula is C19H21F2N5O2. The number of carbonyl (C=O) groups excluding carboxylic acids is 1. The number of hydrogen-bond acceptors (Lipinski definition) is 4. The molecule has 28 heavy (non-hydrogen) atoms. The molecule has 0 aliphatic rings. The average Bonchev–Trinajstić information content (AvgIpc) is 3.21. The van der Waals surface area contributed by atoms with Gasteiger partial charge in [-0.3, -0.25) is 9.48 Å². The number of ether oxygens (including phenoxy) is 1. The summed E-state index contributed by atoms with van der Waals surface area (Å²) in [5.41, 5.74) is 2.80. The summed E-state index contributed by atoms with van der Waals surface area (Å²) in [6.45, 7) is 5.62. The van der Waals surface area contributed by atoms with Crippen molar-refractivity contribution in [3.05, 3.63) is 59.2 Å². The Morgan fingerprint density at radius 1 is 1.25 bits per heavy atom. The first-order chi connectivity index (χ1) is 13.3. The Morgan fingerprint density at radius 3 is 2.71 bits per heavy atom. The van der Waals surface area contributed by atoms with Gasteiger partial charge in [0.1, 0.15) is 18.0 Å². The number of anilines is 1. The quantitative estimate of drug-likeness (QED) is 0.670. The monoisotopic (exact) mass is 389 g/mol. The van der Waals surface area contributed by atoms with Gasteiger partial charge in [0.05, 0.1) is 18.1 Å². The molecule has 9 heteroatoms. The number of amides is 1. The standard InChI is InChI=1S/C19H21F2N5O2/c1-12-4-5-17(13(2)6-12)28-11-25-9-15(8-22-25)23-18(27)10-26-14(3)7-16(24-26)19(20)21/h4-9,19H,10-11H2,1-3H3,(H,23,27). The molecular weight excluding hydrogens is 368 g/mol. The molecule has 0 radical (unpaired) electrons. The topological polar surface area (TPSA) is 74.0 Å². The van der Waals surface area contributed by atoms with Crippen molar-refractivity contribution in [3.8, 4) is 5.75 Å². The molecule has 1 N–H and O–H groups in total. The summed E-state index contributed by atoms with van der Waals surface area (Å²) >= 11 is 0. The number of aryl methyl sites for hydroxylation is 3. The molecule has 0 atom stereocenters. The summed E-state index contributed by atoms with van der Waals surface area (Å²) in [4.78, 5) is 12.2. The molecule has 0 bridgehead atoms. The molecule has 1 amide bonds. The Hall–Kier alpha value is -3.23. The van der Waals surface area contributed by atoms with E-state index in [9.17, 15) is 13.6 Å². The van der Waals surface area contributed by atoms with Crippen molar-refractivity contribution in [2.75, 3.05) is 5.32 Å². The van der Waals surface area contributed by atoms with Crippen LogP contribution in [0.3, 0.4) is 0 Å². The zero-order valence-electron chi connectivity index (χ0n) is 15.8. The first-order valence-electron chi connectivity index (χ1n) is 8.66. The fourth-order valence-corrected chi connectivity index (χ4v) is 2.73. The third-order valence-corrected chi connectivity index (χ3v) is 4.12. The molecule has 0 aliphatic carbocycles. The van der Waals surface area contributed by atoms with Gasteiger partial charge in [-0.15, -0.1) is 0 Å². The van der Waals surface area contributed by atoms with Crippen LogP contribution in [0.15, 0.2) is 36.7 Å². The predicted octanol–water partition coefficient (Wildman–Crippen LogP) is 3.62. The molecule has 7 nitrogen and oxygen atoms in total. The van der Waals surface area contributed by atoms with E-state index in [4.69, 9.17) is 4.74 Å². The van der Waals surface area contributed by atoms with Gasteiger partial charge in [-0.2, -0.15) is 10.2 Å². The maximum atomic E-state index is 12.7. The van der Waals surface area contributed by atoms with Crippen molar-refractivity contribution in [2.24, 2.45) is 0 Å². The van der Waals surface area contributed by atoms with E-state index in [0.717, 1.165) is 16.9 Å². The lowest BCUT2D eigenvalue weighted by atomic mass is 10.1. The second-order valence-corrected chi connectivity index (χ2v) is 6.53. The van der Waals surface area contributed by atoms with Gasteiger partial charge in [-0.25, -0.2) is 13.5 Å². The second kappa shape index (κ2) is 8.20. The van der Waals surface area contributed by atoms with Crippen molar-refractivity contribution < 1.29 is 18.3 Å². The maximum Gasteiger partial charge on any atom is 0.282 e. The highest BCUT2D eigenvalue weighted by Crippen LogP contribution is 2.20. The molecule has 0 unspecified atom stereocenters. The Bertz CT molecular complexity index is 981. The Morgan fingerprint density at radius 2 is 2.04 bits per heavy atom. The van der Waals surface area contributed by atoms with Crippen LogP contribution in [0.2, 0.25) is 0 Å². The van der Waals surface area contributed by atoms with Crippen molar-refractivity contribution in [3.63, 3.8) is 0 Å². The molecule has 1 aromatic carbocycles. The highest BCUT2D eigenvalue weighted by atomic mass is 19.3. The zero-order chi connectivity index (χ0) is 20.3. The molecule has 0 fully saturated rings. The van der Waals surface area contributed by atoms with E-state index in [-0.39, 0.29) is 24.9 Å². The minimum absolute atomic E-state index is 0.164. The van der Waals surface area contributed by atoms with Crippen LogP contribution >= 0.6 is 0 Å². The lowest BCUT2D eigenvalue weighted by Gasteiger charge is -2.09. The Balaban J connectivity index is 1.56. The van der Waals surface area contributed by atoms with Gasteiger partial charge in [0, 0.05) is 5.69 Å². The second-order valence-electron chi connectivity index (χ2n) is 6.53. The fourth-order valence-electron chi connectivity index (χ4n) is 2.73. The van der Waals surface area contributed by atoms with Gasteiger partial charge in [-0.05, 0) is 38.5 Å². The van der Waals surface area contributed by atoms with Gasteiger partial charge in [0.15, 0.2) is 6.73 Å². The summed E-state index contributed by atoms with van der Waals surface area (Å²) in [5.74, 6) is 0.373. The Kier molecular flexibility index (Phi) is 5.72. The fraction of sp³-hybridized carbons (Fsp3) is 0.316. The molecule has 3 aromatic rings. The van der Waals surface area contributed by atoms with Crippen LogP contribution in [-0.2, 0) is 18.1 Å². The van der Waals surface area contributed by atoms with Gasteiger partial charge in [0.25, 0.3) is 6.43 Å². The van der Waals surface area contributed by atoms with E-state index in [1.54, 1.807) is 17.8 Å². The number of alkyl halides is 2. The van der Waals surface area contributed by atoms with Gasteiger partial charge >= 0.3 is 0 Å². The van der Waals surface area contributed by atoms with Crippen molar-refractivity contribution in [1.29, 1.82) is 0 Å². The summed E-state index contributed by atoms with van der Waals surface area (Å²) in [7, 11) is 0. The zero-order valence-corrected chi connectivity index (χ0v) is 15.8. The number of carbonyl (C=O) groups is 1. The highest BCUT2D eigenvalue weighted by molar-refractivity contribution is 5.90. The first kappa shape index (κ1) is 19.5. The van der Waals surface area contributed by atoms with E-state index in [1.165, 1.54) is 16.9 Å². The largest absolute Gasteiger partial charge is 0.471 e. The number of halogens is 2. The van der Waals surface area contributed by atoms with Crippen molar-refractivity contribution in [2.45, 2.75) is 40.5 Å². The smallest absolute Gasteiger partial charge is 0.282 e. The van der Waals surface area contributed by atoms with E-state index in [0.29, 0.717) is 11.4 Å². The van der Waals surface area contributed by atoms with Crippen molar-refractivity contribution in [1.82, 2.24) is 19.6 Å². The normalized spacial score (nSPS) is 11.1. The molecule has 2 heterocycles. The van der Waals surface area contributed by atoms with Gasteiger partial charge in [-0.1, -0.05) is 17.7 Å². The first-order valence-corrected chi connectivity index (χ1v) is 8.66. The van der Waals surface area contributed by atoms with Crippen LogP contribution in [0.1, 0.15) is 28.9 Å². The minimum atomic E-state index is -2.67. The summed E-state index contributed by atoms with van der Waals surface area (Å²) in [6.07, 6.45) is 0.449. The molecule has 148 valence electrons. The van der Waals surface area contributed by atoms with Crippen LogP contribution in [0, 0.1) is 20.8 Å². The molecule has 0 saturated carbocycles. The van der Waals surface area contributed by atoms with E-state index in [1.807, 2.05) is 32.0 Å². The van der Waals surface area contributed by atoms with Crippen LogP contribution in [0.4, 0.5) is 14.5 Å². The minimum Gasteiger partial charge on any atom is -0.471 e. The highest BCUT2D eigenvalue weighted by Gasteiger charge is 2.15. The van der Waals surface area contributed by atoms with Crippen LogP contribution in [0.25, 0.3) is 0 Å². The van der Waals surface area contributed by atoms with Crippen LogP contribution in [0.5, 0.6) is 5.75 Å². The number of benzene rings is 1. The van der Waals surface area contributed by atoms with E-state index >= 15 is 0 Å². The molecule has 2 aromatic heterocycles. The summed E-state index contributed by atoms with van der Waals surface area (Å²) < 4.78 is 33.9. The van der Waals surface area contributed by atoms with Gasteiger partial charge in [0.2, 0.25) is 5.91 Å². The third-order valence-electron chi connectivity index (χ3n) is 4.12. The van der Waals surface area contributed by atoms with Gasteiger partial charge < -0.3 is 10.1 Å². The van der Waals surface area contributed by atoms with E-state index < -0.39 is 6.43 Å². The number of rotatable bonds is 7. The number of hydrogen-bond donors (Lipinski definition) is 1. The maximum absolute atomic E-state index is 12.7. The summed E-state index contributed by atoms with van der Waals surface area (Å²) in [5, 5.41) is 10.5. The number of nitrogens with one attached hydrogen (secondary N) is 1. The third kappa shape index (κ3) is 4.73. The SMILES string of the molecule is Cc1ccc(OCn2cc(NC(=O)Cn3nc(C(F)F)cc3C)cn2)c(C)c1. The van der Waals surface area contributed by atoms with Crippen molar-refractivity contribution >= 4 is 11.6 Å². The lowest BCUT2D eigenvalue weighted by molar-refractivity contribution is -0.117. The molecule has 3 rings (SSSR count). The average molecular weight is 389 g/mol. The summed E-state index contributed by atoms with van der Waals surface area (Å²) in [6, 6.07) is 7.16. The molecule has 0 saturated heterocycles. The molecule has 0 aliphatic heterocycles. The number of aromatic nitrogens is 4.